The zero-order valence-electron chi connectivity index (χ0n) is 18.2. The SMILES string of the molecule is COc1cc(OC)cc(C(=O)N2CCCC(c3nc(C)ncc3-c3cc(C)no3)C2)c1. The first-order valence-corrected chi connectivity index (χ1v) is 10.3. The van der Waals surface area contributed by atoms with Gasteiger partial charge in [-0.25, -0.2) is 9.97 Å². The first kappa shape index (κ1) is 20.8. The number of aromatic nitrogens is 3. The van der Waals surface area contributed by atoms with Crippen LogP contribution in [0.15, 0.2) is 35.0 Å². The van der Waals surface area contributed by atoms with E-state index in [1.165, 1.54) is 0 Å². The Morgan fingerprint density at radius 3 is 2.52 bits per heavy atom. The number of hydrogen-bond donors (Lipinski definition) is 0. The predicted molar refractivity (Wildman–Crippen MR) is 114 cm³/mol. The number of carbonyl (C=O) groups excluding carboxylic acids is 1. The number of methoxy groups -OCH3 is 2. The molecule has 1 unspecified atom stereocenters. The Labute approximate surface area is 181 Å². The van der Waals surface area contributed by atoms with Crippen LogP contribution in [0.25, 0.3) is 11.3 Å². The second-order valence-electron chi connectivity index (χ2n) is 7.74. The number of hydrogen-bond acceptors (Lipinski definition) is 7. The molecule has 31 heavy (non-hydrogen) atoms. The Morgan fingerprint density at radius 1 is 1.13 bits per heavy atom. The van der Waals surface area contributed by atoms with Gasteiger partial charge in [-0.05, 0) is 38.8 Å². The molecule has 8 heteroatoms. The largest absolute Gasteiger partial charge is 0.497 e. The van der Waals surface area contributed by atoms with E-state index in [-0.39, 0.29) is 11.8 Å². The number of likely N-dealkylation sites (tertiary alicyclic amines) is 1. The van der Waals surface area contributed by atoms with Crippen molar-refractivity contribution in [1.29, 1.82) is 0 Å². The monoisotopic (exact) mass is 422 g/mol. The van der Waals surface area contributed by atoms with Gasteiger partial charge in [0.2, 0.25) is 0 Å². The molecule has 2 aromatic heterocycles. The van der Waals surface area contributed by atoms with Crippen LogP contribution < -0.4 is 9.47 Å². The number of aryl methyl sites for hydroxylation is 2. The van der Waals surface area contributed by atoms with Crippen molar-refractivity contribution >= 4 is 5.91 Å². The molecule has 3 heterocycles. The molecule has 1 atom stereocenters. The fraction of sp³-hybridized carbons (Fsp3) is 0.391. The fourth-order valence-electron chi connectivity index (χ4n) is 3.98. The predicted octanol–water partition coefficient (Wildman–Crippen LogP) is 3.79. The average Bonchev–Trinajstić information content (AvgIpc) is 3.24. The van der Waals surface area contributed by atoms with Crippen LogP contribution in [0.3, 0.4) is 0 Å². The Balaban J connectivity index is 1.63. The highest BCUT2D eigenvalue weighted by molar-refractivity contribution is 5.95. The molecule has 0 radical (unpaired) electrons. The van der Waals surface area contributed by atoms with Crippen LogP contribution in [-0.4, -0.2) is 53.2 Å². The molecule has 1 aliphatic heterocycles. The molecule has 0 aliphatic carbocycles. The van der Waals surface area contributed by atoms with Gasteiger partial charge in [0.15, 0.2) is 5.76 Å². The lowest BCUT2D eigenvalue weighted by molar-refractivity contribution is 0.0705. The minimum Gasteiger partial charge on any atom is -0.497 e. The van der Waals surface area contributed by atoms with Crippen molar-refractivity contribution in [2.75, 3.05) is 27.3 Å². The van der Waals surface area contributed by atoms with Crippen molar-refractivity contribution in [1.82, 2.24) is 20.0 Å². The lowest BCUT2D eigenvalue weighted by Gasteiger charge is -2.33. The van der Waals surface area contributed by atoms with Crippen molar-refractivity contribution in [3.8, 4) is 22.8 Å². The van der Waals surface area contributed by atoms with Crippen LogP contribution in [0.1, 0.15) is 46.3 Å². The molecule has 162 valence electrons. The number of carbonyl (C=O) groups is 1. The lowest BCUT2D eigenvalue weighted by Crippen LogP contribution is -2.39. The molecule has 0 saturated carbocycles. The second-order valence-corrected chi connectivity index (χ2v) is 7.74. The van der Waals surface area contributed by atoms with Crippen LogP contribution in [0.5, 0.6) is 11.5 Å². The van der Waals surface area contributed by atoms with Gasteiger partial charge in [-0.15, -0.1) is 0 Å². The maximum absolute atomic E-state index is 13.3. The summed E-state index contributed by atoms with van der Waals surface area (Å²) in [6, 6.07) is 7.12. The maximum Gasteiger partial charge on any atom is 0.254 e. The number of amides is 1. The van der Waals surface area contributed by atoms with Gasteiger partial charge in [-0.1, -0.05) is 5.16 Å². The number of piperidine rings is 1. The summed E-state index contributed by atoms with van der Waals surface area (Å²) in [4.78, 5) is 24.2. The summed E-state index contributed by atoms with van der Waals surface area (Å²) >= 11 is 0. The highest BCUT2D eigenvalue weighted by atomic mass is 16.5. The quantitative estimate of drug-likeness (QED) is 0.618. The van der Waals surface area contributed by atoms with E-state index in [0.717, 1.165) is 29.8 Å². The Kier molecular flexibility index (Phi) is 5.88. The van der Waals surface area contributed by atoms with Gasteiger partial charge in [-0.2, -0.15) is 0 Å². The van der Waals surface area contributed by atoms with Gasteiger partial charge in [0.1, 0.15) is 17.3 Å². The van der Waals surface area contributed by atoms with Crippen LogP contribution >= 0.6 is 0 Å². The van der Waals surface area contributed by atoms with Crippen LogP contribution in [0.2, 0.25) is 0 Å². The van der Waals surface area contributed by atoms with Crippen molar-refractivity contribution in [3.05, 3.63) is 53.2 Å². The highest BCUT2D eigenvalue weighted by Crippen LogP contribution is 2.34. The van der Waals surface area contributed by atoms with Gasteiger partial charge < -0.3 is 18.9 Å². The van der Waals surface area contributed by atoms with E-state index in [2.05, 4.69) is 10.1 Å². The van der Waals surface area contributed by atoms with Crippen LogP contribution in [0.4, 0.5) is 0 Å². The highest BCUT2D eigenvalue weighted by Gasteiger charge is 2.29. The Hall–Kier alpha value is -3.42. The summed E-state index contributed by atoms with van der Waals surface area (Å²) in [5.41, 5.74) is 3.06. The van der Waals surface area contributed by atoms with Gasteiger partial charge in [0.25, 0.3) is 5.91 Å². The molecule has 4 rings (SSSR count). The minimum atomic E-state index is -0.0512. The third-order valence-electron chi connectivity index (χ3n) is 5.53. The van der Waals surface area contributed by atoms with E-state index in [4.69, 9.17) is 19.0 Å². The molecule has 1 saturated heterocycles. The number of benzene rings is 1. The summed E-state index contributed by atoms with van der Waals surface area (Å²) < 4.78 is 16.1. The summed E-state index contributed by atoms with van der Waals surface area (Å²) in [7, 11) is 3.15. The van der Waals surface area contributed by atoms with Crippen molar-refractivity contribution < 1.29 is 18.8 Å². The van der Waals surface area contributed by atoms with Gasteiger partial charge in [0.05, 0.1) is 31.2 Å². The van der Waals surface area contributed by atoms with Crippen LogP contribution in [-0.2, 0) is 0 Å². The van der Waals surface area contributed by atoms with Crippen molar-refractivity contribution in [3.63, 3.8) is 0 Å². The average molecular weight is 422 g/mol. The molecular weight excluding hydrogens is 396 g/mol. The van der Waals surface area contributed by atoms with Gasteiger partial charge in [0, 0.05) is 42.9 Å². The normalized spacial score (nSPS) is 16.3. The number of nitrogens with zero attached hydrogens (tertiary/aromatic N) is 4. The zero-order chi connectivity index (χ0) is 22.0. The van der Waals surface area contributed by atoms with E-state index >= 15 is 0 Å². The number of rotatable bonds is 5. The molecule has 1 aromatic carbocycles. The summed E-state index contributed by atoms with van der Waals surface area (Å²) in [6.07, 6.45) is 3.60. The molecule has 0 spiro atoms. The zero-order valence-corrected chi connectivity index (χ0v) is 18.2. The van der Waals surface area contributed by atoms with Crippen molar-refractivity contribution in [2.24, 2.45) is 0 Å². The molecule has 1 amide bonds. The van der Waals surface area contributed by atoms with E-state index in [9.17, 15) is 4.79 Å². The van der Waals surface area contributed by atoms with Gasteiger partial charge in [-0.3, -0.25) is 4.79 Å². The molecule has 0 N–H and O–H groups in total. The summed E-state index contributed by atoms with van der Waals surface area (Å²) in [5, 5.41) is 4.00. The smallest absolute Gasteiger partial charge is 0.254 e. The maximum atomic E-state index is 13.3. The molecule has 1 fully saturated rings. The lowest BCUT2D eigenvalue weighted by atomic mass is 9.91. The number of ether oxygens (including phenoxy) is 2. The van der Waals surface area contributed by atoms with Crippen LogP contribution in [0, 0.1) is 13.8 Å². The molecule has 1 aliphatic rings. The molecule has 0 bridgehead atoms. The third-order valence-corrected chi connectivity index (χ3v) is 5.53. The molecular formula is C23H26N4O4. The van der Waals surface area contributed by atoms with E-state index in [1.54, 1.807) is 38.6 Å². The van der Waals surface area contributed by atoms with E-state index < -0.39 is 0 Å². The summed E-state index contributed by atoms with van der Waals surface area (Å²) in [6.45, 7) is 5.00. The Bertz CT molecular complexity index is 1070. The second kappa shape index (κ2) is 8.75. The fourth-order valence-corrected chi connectivity index (χ4v) is 3.98. The van der Waals surface area contributed by atoms with Crippen molar-refractivity contribution in [2.45, 2.75) is 32.6 Å². The molecule has 8 nitrogen and oxygen atoms in total. The standard InChI is InChI=1S/C23H26N4O4/c1-14-8-21(31-26-14)20-12-24-15(2)25-22(20)16-6-5-7-27(13-16)23(28)17-9-18(29-3)11-19(10-17)30-4/h8-12,16H,5-7,13H2,1-4H3. The topological polar surface area (TPSA) is 90.6 Å². The summed E-state index contributed by atoms with van der Waals surface area (Å²) in [5.74, 6) is 2.54. The minimum absolute atomic E-state index is 0.0512. The van der Waals surface area contributed by atoms with Gasteiger partial charge >= 0.3 is 0 Å². The first-order valence-electron chi connectivity index (χ1n) is 10.3. The van der Waals surface area contributed by atoms with E-state index in [0.29, 0.717) is 41.7 Å². The Morgan fingerprint density at radius 2 is 1.87 bits per heavy atom. The third kappa shape index (κ3) is 4.38. The first-order chi connectivity index (χ1) is 15.0. The molecule has 3 aromatic rings. The van der Waals surface area contributed by atoms with E-state index in [1.807, 2.05) is 24.8 Å².